The van der Waals surface area contributed by atoms with Crippen molar-refractivity contribution in [2.24, 2.45) is 17.6 Å². The Hall–Kier alpha value is -0.830. The van der Waals surface area contributed by atoms with Gasteiger partial charge < -0.3 is 11.1 Å². The van der Waals surface area contributed by atoms with Gasteiger partial charge in [0.1, 0.15) is 0 Å². The molecule has 3 N–H and O–H groups in total. The third-order valence-corrected chi connectivity index (χ3v) is 3.82. The van der Waals surface area contributed by atoms with E-state index < -0.39 is 6.04 Å². The van der Waals surface area contributed by atoms with Crippen LogP contribution in [0.15, 0.2) is 12.7 Å². The second kappa shape index (κ2) is 4.35. The van der Waals surface area contributed by atoms with Crippen molar-refractivity contribution >= 4 is 5.91 Å². The molecule has 2 saturated carbocycles. The van der Waals surface area contributed by atoms with Crippen LogP contribution in [0.1, 0.15) is 32.1 Å². The van der Waals surface area contributed by atoms with Crippen LogP contribution in [0.3, 0.4) is 0 Å². The molecule has 2 bridgehead atoms. The number of hydrogen-bond donors (Lipinski definition) is 2. The lowest BCUT2D eigenvalue weighted by atomic mass is 9.95. The van der Waals surface area contributed by atoms with E-state index in [-0.39, 0.29) is 5.91 Å². The zero-order valence-corrected chi connectivity index (χ0v) is 9.11. The highest BCUT2D eigenvalue weighted by atomic mass is 16.2. The molecule has 2 aliphatic carbocycles. The molecule has 0 saturated heterocycles. The maximum absolute atomic E-state index is 11.7. The van der Waals surface area contributed by atoms with Crippen molar-refractivity contribution in [3.05, 3.63) is 12.7 Å². The van der Waals surface area contributed by atoms with Gasteiger partial charge in [0.15, 0.2) is 0 Å². The lowest BCUT2D eigenvalue weighted by Crippen LogP contribution is -2.46. The zero-order chi connectivity index (χ0) is 10.8. The Morgan fingerprint density at radius 2 is 2.33 bits per heavy atom. The Morgan fingerprint density at radius 3 is 2.87 bits per heavy atom. The normalized spacial score (nSPS) is 35.1. The fraction of sp³-hybridized carbons (Fsp3) is 0.750. The maximum atomic E-state index is 11.7. The van der Waals surface area contributed by atoms with Gasteiger partial charge in [-0.15, -0.1) is 6.58 Å². The zero-order valence-electron chi connectivity index (χ0n) is 9.11. The van der Waals surface area contributed by atoms with E-state index in [1.165, 1.54) is 19.3 Å². The number of rotatable bonds is 4. The molecule has 0 aromatic carbocycles. The molecule has 4 atom stereocenters. The minimum atomic E-state index is -0.415. The summed E-state index contributed by atoms with van der Waals surface area (Å²) in [4.78, 5) is 11.7. The van der Waals surface area contributed by atoms with Crippen molar-refractivity contribution in [2.45, 2.75) is 44.2 Å². The van der Waals surface area contributed by atoms with E-state index in [2.05, 4.69) is 11.9 Å². The summed E-state index contributed by atoms with van der Waals surface area (Å²) < 4.78 is 0. The molecular weight excluding hydrogens is 188 g/mol. The van der Waals surface area contributed by atoms with Gasteiger partial charge in [0, 0.05) is 6.04 Å². The van der Waals surface area contributed by atoms with Crippen LogP contribution in [-0.4, -0.2) is 18.0 Å². The number of carbonyl (C=O) groups excluding carboxylic acids is 1. The quantitative estimate of drug-likeness (QED) is 0.682. The second-order valence-electron chi connectivity index (χ2n) is 4.92. The molecule has 1 amide bonds. The maximum Gasteiger partial charge on any atom is 0.237 e. The van der Waals surface area contributed by atoms with Gasteiger partial charge in [0.2, 0.25) is 5.91 Å². The summed E-state index contributed by atoms with van der Waals surface area (Å²) in [6.45, 7) is 3.59. The highest BCUT2D eigenvalue weighted by Gasteiger charge is 2.40. The fourth-order valence-electron chi connectivity index (χ4n) is 3.00. The van der Waals surface area contributed by atoms with Crippen molar-refractivity contribution in [1.29, 1.82) is 0 Å². The first-order chi connectivity index (χ1) is 7.20. The lowest BCUT2D eigenvalue weighted by molar-refractivity contribution is -0.123. The molecule has 3 nitrogen and oxygen atoms in total. The molecule has 4 unspecified atom stereocenters. The fourth-order valence-corrected chi connectivity index (χ4v) is 3.00. The third kappa shape index (κ3) is 2.23. The first-order valence-electron chi connectivity index (χ1n) is 5.87. The largest absolute Gasteiger partial charge is 0.352 e. The third-order valence-electron chi connectivity index (χ3n) is 3.82. The molecule has 0 spiro atoms. The van der Waals surface area contributed by atoms with E-state index in [0.29, 0.717) is 12.5 Å². The molecule has 2 fully saturated rings. The van der Waals surface area contributed by atoms with Crippen LogP contribution in [0.4, 0.5) is 0 Å². The topological polar surface area (TPSA) is 55.1 Å². The molecule has 2 aliphatic rings. The van der Waals surface area contributed by atoms with E-state index >= 15 is 0 Å². The van der Waals surface area contributed by atoms with Gasteiger partial charge in [0.25, 0.3) is 0 Å². The van der Waals surface area contributed by atoms with Crippen molar-refractivity contribution in [3.63, 3.8) is 0 Å². The summed E-state index contributed by atoms with van der Waals surface area (Å²) in [5.74, 6) is 1.57. The van der Waals surface area contributed by atoms with Gasteiger partial charge >= 0.3 is 0 Å². The van der Waals surface area contributed by atoms with E-state index in [0.717, 1.165) is 18.3 Å². The van der Waals surface area contributed by atoms with Gasteiger partial charge in [0.05, 0.1) is 6.04 Å². The number of amides is 1. The first kappa shape index (κ1) is 10.7. The number of fused-ring (bicyclic) bond motifs is 2. The van der Waals surface area contributed by atoms with Crippen molar-refractivity contribution < 1.29 is 4.79 Å². The van der Waals surface area contributed by atoms with Crippen LogP contribution in [0, 0.1) is 11.8 Å². The van der Waals surface area contributed by atoms with Crippen molar-refractivity contribution in [2.75, 3.05) is 0 Å². The first-order valence-corrected chi connectivity index (χ1v) is 5.87. The minimum Gasteiger partial charge on any atom is -0.352 e. The number of nitrogens with two attached hydrogens (primary N) is 1. The molecule has 2 rings (SSSR count). The van der Waals surface area contributed by atoms with Gasteiger partial charge in [-0.3, -0.25) is 4.79 Å². The molecule has 84 valence electrons. The monoisotopic (exact) mass is 208 g/mol. The van der Waals surface area contributed by atoms with Crippen LogP contribution in [-0.2, 0) is 4.79 Å². The van der Waals surface area contributed by atoms with Gasteiger partial charge in [-0.1, -0.05) is 12.5 Å². The molecular formula is C12H20N2O. The average Bonchev–Trinajstić information content (AvgIpc) is 2.79. The molecule has 0 heterocycles. The van der Waals surface area contributed by atoms with E-state index in [1.54, 1.807) is 6.08 Å². The van der Waals surface area contributed by atoms with Crippen molar-refractivity contribution in [1.82, 2.24) is 5.32 Å². The van der Waals surface area contributed by atoms with Crippen LogP contribution >= 0.6 is 0 Å². The molecule has 0 aliphatic heterocycles. The predicted molar refractivity (Wildman–Crippen MR) is 60.2 cm³/mol. The summed E-state index contributed by atoms with van der Waals surface area (Å²) in [5, 5.41) is 3.08. The summed E-state index contributed by atoms with van der Waals surface area (Å²) in [7, 11) is 0. The summed E-state index contributed by atoms with van der Waals surface area (Å²) in [6, 6.07) is -0.0197. The summed E-state index contributed by atoms with van der Waals surface area (Å²) >= 11 is 0. The van der Waals surface area contributed by atoms with E-state index in [1.807, 2.05) is 0 Å². The van der Waals surface area contributed by atoms with E-state index in [4.69, 9.17) is 5.73 Å². The van der Waals surface area contributed by atoms with Crippen LogP contribution < -0.4 is 11.1 Å². The Bertz CT molecular complexity index is 264. The Morgan fingerprint density at radius 1 is 1.53 bits per heavy atom. The highest BCUT2D eigenvalue weighted by Crippen LogP contribution is 2.44. The highest BCUT2D eigenvalue weighted by molar-refractivity contribution is 5.82. The second-order valence-corrected chi connectivity index (χ2v) is 4.92. The lowest BCUT2D eigenvalue weighted by Gasteiger charge is -2.24. The average molecular weight is 208 g/mol. The van der Waals surface area contributed by atoms with Crippen LogP contribution in [0.5, 0.6) is 0 Å². The smallest absolute Gasteiger partial charge is 0.237 e. The molecule has 3 heteroatoms. The number of carbonyl (C=O) groups is 1. The standard InChI is InChI=1S/C12H20N2O/c1-2-3-10(13)12(15)14-11-7-8-4-5-9(11)6-8/h2,8-11H,1,3-7,13H2,(H,14,15). The number of hydrogen-bond acceptors (Lipinski definition) is 2. The Labute approximate surface area is 91.1 Å². The molecule has 0 aromatic rings. The minimum absolute atomic E-state index is 0.00699. The number of nitrogens with one attached hydrogen (secondary N) is 1. The Balaban J connectivity index is 1.82. The van der Waals surface area contributed by atoms with Crippen LogP contribution in [0.2, 0.25) is 0 Å². The predicted octanol–water partition coefficient (Wildman–Crippen LogP) is 1.19. The van der Waals surface area contributed by atoms with Gasteiger partial charge in [-0.05, 0) is 37.5 Å². The Kier molecular flexibility index (Phi) is 3.10. The van der Waals surface area contributed by atoms with E-state index in [9.17, 15) is 4.79 Å². The van der Waals surface area contributed by atoms with Crippen molar-refractivity contribution in [3.8, 4) is 0 Å². The van der Waals surface area contributed by atoms with Crippen LogP contribution in [0.25, 0.3) is 0 Å². The van der Waals surface area contributed by atoms with Gasteiger partial charge in [-0.25, -0.2) is 0 Å². The summed E-state index contributed by atoms with van der Waals surface area (Å²) in [6.07, 6.45) is 7.37. The molecule has 0 radical (unpaired) electrons. The molecule has 0 aromatic heterocycles. The SMILES string of the molecule is C=CCC(N)C(=O)NC1CC2CCC1C2. The van der Waals surface area contributed by atoms with Gasteiger partial charge in [-0.2, -0.15) is 0 Å². The molecule has 15 heavy (non-hydrogen) atoms. The summed E-state index contributed by atoms with van der Waals surface area (Å²) in [5.41, 5.74) is 5.72.